The average molecular weight is 361 g/mol. The van der Waals surface area contributed by atoms with Crippen molar-refractivity contribution in [3.05, 3.63) is 52.3 Å². The number of halogens is 1. The molecule has 3 rings (SSSR count). The molecule has 26 heavy (non-hydrogen) atoms. The van der Waals surface area contributed by atoms with Crippen LogP contribution in [0.5, 0.6) is 11.5 Å². The molecule has 0 spiro atoms. The Bertz CT molecular complexity index is 793. The van der Waals surface area contributed by atoms with Gasteiger partial charge < -0.3 is 19.7 Å². The first kappa shape index (κ1) is 17.8. The molecule has 1 N–H and O–H groups in total. The second-order valence-corrected chi connectivity index (χ2v) is 6.04. The molecule has 1 heterocycles. The predicted molar refractivity (Wildman–Crippen MR) is 96.8 cm³/mol. The van der Waals surface area contributed by atoms with Gasteiger partial charge in [0.15, 0.2) is 0 Å². The second-order valence-electron chi connectivity index (χ2n) is 6.04. The lowest BCUT2D eigenvalue weighted by Crippen LogP contribution is -2.26. The summed E-state index contributed by atoms with van der Waals surface area (Å²) < 4.78 is 24.4. The van der Waals surface area contributed by atoms with Gasteiger partial charge >= 0.3 is 5.69 Å². The number of methoxy groups -OCH3 is 2. The summed E-state index contributed by atoms with van der Waals surface area (Å²) in [6.45, 7) is 1.39. The number of anilines is 2. The molecule has 0 aliphatic carbocycles. The summed E-state index contributed by atoms with van der Waals surface area (Å²) in [6.07, 6.45) is 0.771. The van der Waals surface area contributed by atoms with Crippen LogP contribution in [0.4, 0.5) is 21.5 Å². The van der Waals surface area contributed by atoms with Crippen molar-refractivity contribution < 1.29 is 18.8 Å². The lowest BCUT2D eigenvalue weighted by molar-refractivity contribution is -0.386. The van der Waals surface area contributed by atoms with Gasteiger partial charge in [-0.2, -0.15) is 4.39 Å². The van der Waals surface area contributed by atoms with Gasteiger partial charge in [0.25, 0.3) is 0 Å². The third-order valence-corrected chi connectivity index (χ3v) is 4.42. The van der Waals surface area contributed by atoms with E-state index in [1.807, 2.05) is 12.1 Å². The fraction of sp³-hybridized carbons (Fsp3) is 0.333. The minimum atomic E-state index is -0.840. The van der Waals surface area contributed by atoms with Gasteiger partial charge in [-0.15, -0.1) is 0 Å². The lowest BCUT2D eigenvalue weighted by Gasteiger charge is -2.21. The van der Waals surface area contributed by atoms with Crippen LogP contribution in [-0.4, -0.2) is 38.3 Å². The Morgan fingerprint density at radius 3 is 2.54 bits per heavy atom. The molecular formula is C18H20FN3O4. The van der Waals surface area contributed by atoms with Gasteiger partial charge in [-0.25, -0.2) is 0 Å². The molecule has 138 valence electrons. The topological polar surface area (TPSA) is 76.9 Å². The van der Waals surface area contributed by atoms with E-state index in [-0.39, 0.29) is 11.7 Å². The van der Waals surface area contributed by atoms with Crippen LogP contribution in [0, 0.1) is 15.9 Å². The van der Waals surface area contributed by atoms with E-state index in [1.54, 1.807) is 20.3 Å². The molecule has 1 fully saturated rings. The summed E-state index contributed by atoms with van der Waals surface area (Å²) in [5, 5.41) is 14.2. The predicted octanol–water partition coefficient (Wildman–Crippen LogP) is 3.44. The normalized spacial score (nSPS) is 16.4. The van der Waals surface area contributed by atoms with E-state index in [9.17, 15) is 14.5 Å². The minimum Gasteiger partial charge on any atom is -0.497 e. The molecule has 0 aromatic heterocycles. The van der Waals surface area contributed by atoms with Crippen LogP contribution in [0.15, 0.2) is 36.4 Å². The zero-order valence-corrected chi connectivity index (χ0v) is 14.6. The highest BCUT2D eigenvalue weighted by Gasteiger charge is 2.27. The van der Waals surface area contributed by atoms with Gasteiger partial charge in [0.2, 0.25) is 5.82 Å². The van der Waals surface area contributed by atoms with Crippen molar-refractivity contribution in [2.45, 2.75) is 12.5 Å². The Balaban J connectivity index is 1.76. The monoisotopic (exact) mass is 361 g/mol. The van der Waals surface area contributed by atoms with E-state index in [2.05, 4.69) is 10.2 Å². The number of nitrogens with one attached hydrogen (secondary N) is 1. The van der Waals surface area contributed by atoms with Crippen LogP contribution in [0.1, 0.15) is 6.42 Å². The van der Waals surface area contributed by atoms with Gasteiger partial charge in [0, 0.05) is 43.0 Å². The molecule has 0 radical (unpaired) electrons. The van der Waals surface area contributed by atoms with Crippen LogP contribution < -0.4 is 19.7 Å². The highest BCUT2D eigenvalue weighted by atomic mass is 19.1. The Hall–Kier alpha value is -3.03. The van der Waals surface area contributed by atoms with Crippen LogP contribution in [0.3, 0.4) is 0 Å². The zero-order valence-electron chi connectivity index (χ0n) is 14.6. The molecule has 2 aromatic rings. The SMILES string of the molecule is COc1cc(OC)cc(N2CCC(Nc3cccc(F)c3[N+](=O)[O-])C2)c1. The third kappa shape index (κ3) is 3.63. The highest BCUT2D eigenvalue weighted by Crippen LogP contribution is 2.32. The van der Waals surface area contributed by atoms with E-state index in [0.717, 1.165) is 24.7 Å². The lowest BCUT2D eigenvalue weighted by atomic mass is 10.2. The molecule has 1 saturated heterocycles. The van der Waals surface area contributed by atoms with Crippen molar-refractivity contribution in [2.75, 3.05) is 37.5 Å². The van der Waals surface area contributed by atoms with E-state index in [0.29, 0.717) is 18.0 Å². The van der Waals surface area contributed by atoms with Gasteiger partial charge in [-0.1, -0.05) is 6.07 Å². The van der Waals surface area contributed by atoms with Crippen LogP contribution in [0.2, 0.25) is 0 Å². The molecule has 8 heteroatoms. The Kier molecular flexibility index (Phi) is 5.11. The van der Waals surface area contributed by atoms with Crippen molar-refractivity contribution >= 4 is 17.1 Å². The molecule has 2 aromatic carbocycles. The number of benzene rings is 2. The molecule has 1 unspecified atom stereocenters. The fourth-order valence-corrected chi connectivity index (χ4v) is 3.12. The number of para-hydroxylation sites is 1. The van der Waals surface area contributed by atoms with Crippen LogP contribution in [0.25, 0.3) is 0 Å². The summed E-state index contributed by atoms with van der Waals surface area (Å²) in [5.41, 5.74) is 0.623. The Morgan fingerprint density at radius 2 is 1.92 bits per heavy atom. The molecule has 1 aliphatic heterocycles. The van der Waals surface area contributed by atoms with Gasteiger partial charge in [-0.3, -0.25) is 10.1 Å². The first-order chi connectivity index (χ1) is 12.5. The van der Waals surface area contributed by atoms with Gasteiger partial charge in [-0.05, 0) is 18.6 Å². The van der Waals surface area contributed by atoms with Crippen molar-refractivity contribution in [2.24, 2.45) is 0 Å². The van der Waals surface area contributed by atoms with E-state index >= 15 is 0 Å². The average Bonchev–Trinajstić information content (AvgIpc) is 3.09. The number of nitrogens with zero attached hydrogens (tertiary/aromatic N) is 2. The van der Waals surface area contributed by atoms with Crippen LogP contribution in [-0.2, 0) is 0 Å². The number of hydrogen-bond acceptors (Lipinski definition) is 6. The number of ether oxygens (including phenoxy) is 2. The van der Waals surface area contributed by atoms with Crippen LogP contribution >= 0.6 is 0 Å². The molecular weight excluding hydrogens is 341 g/mol. The first-order valence-electron chi connectivity index (χ1n) is 8.19. The Labute approximate surface area is 150 Å². The van der Waals surface area contributed by atoms with E-state index in [1.165, 1.54) is 12.1 Å². The standard InChI is InChI=1S/C18H20FN3O4/c1-25-14-8-13(9-15(10-14)26-2)21-7-6-12(11-21)20-17-5-3-4-16(19)18(17)22(23)24/h3-5,8-10,12,20H,6-7,11H2,1-2H3. The first-order valence-corrected chi connectivity index (χ1v) is 8.19. The summed E-state index contributed by atoms with van der Waals surface area (Å²) >= 11 is 0. The number of nitro benzene ring substituents is 1. The van der Waals surface area contributed by atoms with E-state index in [4.69, 9.17) is 9.47 Å². The van der Waals surface area contributed by atoms with Gasteiger partial charge in [0.05, 0.1) is 19.1 Å². The quantitative estimate of drug-likeness (QED) is 0.627. The van der Waals surface area contributed by atoms with E-state index < -0.39 is 16.4 Å². The Morgan fingerprint density at radius 1 is 1.23 bits per heavy atom. The number of rotatable bonds is 6. The molecule has 0 saturated carbocycles. The van der Waals surface area contributed by atoms with Crippen molar-refractivity contribution in [1.82, 2.24) is 0 Å². The molecule has 1 aliphatic rings. The maximum Gasteiger partial charge on any atom is 0.327 e. The third-order valence-electron chi connectivity index (χ3n) is 4.42. The van der Waals surface area contributed by atoms with Crippen molar-refractivity contribution in [3.8, 4) is 11.5 Å². The highest BCUT2D eigenvalue weighted by molar-refractivity contribution is 5.63. The fourth-order valence-electron chi connectivity index (χ4n) is 3.12. The molecule has 0 amide bonds. The summed E-state index contributed by atoms with van der Waals surface area (Å²) in [4.78, 5) is 12.6. The van der Waals surface area contributed by atoms with Crippen molar-refractivity contribution in [3.63, 3.8) is 0 Å². The molecule has 1 atom stereocenters. The maximum absolute atomic E-state index is 13.8. The largest absolute Gasteiger partial charge is 0.497 e. The summed E-state index contributed by atoms with van der Waals surface area (Å²) in [7, 11) is 3.19. The maximum atomic E-state index is 13.8. The number of hydrogen-bond donors (Lipinski definition) is 1. The van der Waals surface area contributed by atoms with Crippen molar-refractivity contribution in [1.29, 1.82) is 0 Å². The molecule has 7 nitrogen and oxygen atoms in total. The second kappa shape index (κ2) is 7.47. The minimum absolute atomic E-state index is 0.0345. The summed E-state index contributed by atoms with van der Waals surface area (Å²) in [5.74, 6) is 0.542. The smallest absolute Gasteiger partial charge is 0.327 e. The van der Waals surface area contributed by atoms with Gasteiger partial charge in [0.1, 0.15) is 17.2 Å². The summed E-state index contributed by atoms with van der Waals surface area (Å²) in [6, 6.07) is 9.67. The zero-order chi connectivity index (χ0) is 18.7. The molecule has 0 bridgehead atoms. The number of nitro groups is 1.